The average Bonchev–Trinajstić information content (AvgIpc) is 2.18. The first-order valence-corrected chi connectivity index (χ1v) is 4.94. The van der Waals surface area contributed by atoms with Crippen LogP contribution in [-0.2, 0) is 6.42 Å². The van der Waals surface area contributed by atoms with Crippen LogP contribution in [0.15, 0.2) is 12.1 Å². The molecule has 13 heavy (non-hydrogen) atoms. The van der Waals surface area contributed by atoms with Gasteiger partial charge >= 0.3 is 0 Å². The summed E-state index contributed by atoms with van der Waals surface area (Å²) >= 11 is 0. The van der Waals surface area contributed by atoms with Crippen molar-refractivity contribution < 1.29 is 5.11 Å². The fourth-order valence-corrected chi connectivity index (χ4v) is 1.14. The van der Waals surface area contributed by atoms with Crippen LogP contribution in [0.25, 0.3) is 0 Å². The predicted octanol–water partition coefficient (Wildman–Crippen LogP) is 3.60. The molecule has 1 N–H and O–H groups in total. The molecule has 0 atom stereocenters. The van der Waals surface area contributed by atoms with Gasteiger partial charge in [0.15, 0.2) is 0 Å². The first-order chi connectivity index (χ1) is 6.16. The summed E-state index contributed by atoms with van der Waals surface area (Å²) in [6, 6.07) is 4.03. The van der Waals surface area contributed by atoms with E-state index in [1.54, 1.807) is 0 Å². The second-order valence-electron chi connectivity index (χ2n) is 2.87. The molecule has 0 fully saturated rings. The van der Waals surface area contributed by atoms with Crippen molar-refractivity contribution in [1.29, 1.82) is 0 Å². The van der Waals surface area contributed by atoms with Gasteiger partial charge in [0, 0.05) is 0 Å². The number of hydrogen-bond donors (Lipinski definition) is 1. The van der Waals surface area contributed by atoms with E-state index in [-0.39, 0.29) is 0 Å². The zero-order valence-corrected chi connectivity index (χ0v) is 9.31. The molecule has 0 saturated heterocycles. The Morgan fingerprint density at radius 1 is 1.15 bits per heavy atom. The van der Waals surface area contributed by atoms with Crippen molar-refractivity contribution in [3.8, 4) is 5.75 Å². The van der Waals surface area contributed by atoms with Crippen molar-refractivity contribution in [2.24, 2.45) is 0 Å². The molecular weight excluding hydrogens is 160 g/mol. The monoisotopic (exact) mass is 180 g/mol. The van der Waals surface area contributed by atoms with Gasteiger partial charge in [-0.25, -0.2) is 0 Å². The minimum atomic E-state index is 0.465. The minimum absolute atomic E-state index is 0.465. The summed E-state index contributed by atoms with van der Waals surface area (Å²) < 4.78 is 0. The fraction of sp³-hybridized carbons (Fsp3) is 0.500. The lowest BCUT2D eigenvalue weighted by atomic mass is 10.0. The topological polar surface area (TPSA) is 20.2 Å². The standard InChI is InChI=1S/C10H14O.C2H6/c1-4-9-6-5-7(2)8(3)10(9)11;1-2/h5-6,11H,4H2,1-3H3;1-2H3. The van der Waals surface area contributed by atoms with Crippen LogP contribution < -0.4 is 0 Å². The molecule has 0 aliphatic heterocycles. The van der Waals surface area contributed by atoms with E-state index in [1.165, 1.54) is 0 Å². The third-order valence-corrected chi connectivity index (χ3v) is 2.17. The quantitative estimate of drug-likeness (QED) is 0.700. The number of phenols is 1. The zero-order chi connectivity index (χ0) is 10.4. The van der Waals surface area contributed by atoms with Crippen LogP contribution >= 0.6 is 0 Å². The molecule has 1 heteroatoms. The van der Waals surface area contributed by atoms with Gasteiger partial charge in [-0.05, 0) is 37.0 Å². The van der Waals surface area contributed by atoms with Gasteiger partial charge < -0.3 is 5.11 Å². The molecule has 1 rings (SSSR count). The van der Waals surface area contributed by atoms with Gasteiger partial charge in [-0.1, -0.05) is 32.9 Å². The summed E-state index contributed by atoms with van der Waals surface area (Å²) in [7, 11) is 0. The molecule has 0 spiro atoms. The molecule has 0 bridgehead atoms. The molecule has 1 nitrogen and oxygen atoms in total. The minimum Gasteiger partial charge on any atom is -0.507 e. The van der Waals surface area contributed by atoms with E-state index in [1.807, 2.05) is 46.8 Å². The van der Waals surface area contributed by atoms with Gasteiger partial charge in [0.1, 0.15) is 5.75 Å². The lowest BCUT2D eigenvalue weighted by Gasteiger charge is -2.06. The highest BCUT2D eigenvalue weighted by Crippen LogP contribution is 2.24. The van der Waals surface area contributed by atoms with E-state index in [2.05, 4.69) is 0 Å². The summed E-state index contributed by atoms with van der Waals surface area (Å²) in [5.74, 6) is 0.465. The van der Waals surface area contributed by atoms with Gasteiger partial charge in [0.25, 0.3) is 0 Å². The first-order valence-electron chi connectivity index (χ1n) is 4.94. The molecule has 0 amide bonds. The Balaban J connectivity index is 0.000000671. The molecule has 0 aliphatic carbocycles. The third-order valence-electron chi connectivity index (χ3n) is 2.17. The SMILES string of the molecule is CC.CCc1ccc(C)c(C)c1O. The van der Waals surface area contributed by atoms with E-state index in [0.29, 0.717) is 5.75 Å². The third kappa shape index (κ3) is 2.76. The van der Waals surface area contributed by atoms with Gasteiger partial charge in [0.2, 0.25) is 0 Å². The highest BCUT2D eigenvalue weighted by molar-refractivity contribution is 5.43. The number of aryl methyl sites for hydroxylation is 2. The van der Waals surface area contributed by atoms with Crippen LogP contribution in [0.2, 0.25) is 0 Å². The van der Waals surface area contributed by atoms with Gasteiger partial charge in [-0.3, -0.25) is 0 Å². The van der Waals surface area contributed by atoms with Crippen LogP contribution in [0.3, 0.4) is 0 Å². The smallest absolute Gasteiger partial charge is 0.121 e. The van der Waals surface area contributed by atoms with Crippen molar-refractivity contribution in [1.82, 2.24) is 0 Å². The Bertz CT molecular complexity index is 264. The van der Waals surface area contributed by atoms with Crippen LogP contribution in [0.5, 0.6) is 5.75 Å². The van der Waals surface area contributed by atoms with E-state index in [9.17, 15) is 5.11 Å². The first kappa shape index (κ1) is 12.0. The lowest BCUT2D eigenvalue weighted by Crippen LogP contribution is -1.87. The largest absolute Gasteiger partial charge is 0.507 e. The maximum absolute atomic E-state index is 9.58. The molecule has 0 heterocycles. The summed E-state index contributed by atoms with van der Waals surface area (Å²) in [5, 5.41) is 9.58. The summed E-state index contributed by atoms with van der Waals surface area (Å²) in [4.78, 5) is 0. The Kier molecular flexibility index (Phi) is 5.20. The predicted molar refractivity (Wildman–Crippen MR) is 58.3 cm³/mol. The Labute approximate surface area is 81.4 Å². The van der Waals surface area contributed by atoms with E-state index in [4.69, 9.17) is 0 Å². The number of rotatable bonds is 1. The van der Waals surface area contributed by atoms with Crippen LogP contribution in [0.4, 0.5) is 0 Å². The maximum Gasteiger partial charge on any atom is 0.121 e. The van der Waals surface area contributed by atoms with Crippen LogP contribution in [0, 0.1) is 13.8 Å². The number of phenolic OH excluding ortho intramolecular Hbond substituents is 1. The number of hydrogen-bond acceptors (Lipinski definition) is 1. The summed E-state index contributed by atoms with van der Waals surface area (Å²) in [6.45, 7) is 10.0. The Morgan fingerprint density at radius 2 is 1.69 bits per heavy atom. The molecule has 0 saturated carbocycles. The van der Waals surface area contributed by atoms with Gasteiger partial charge in [0.05, 0.1) is 0 Å². The van der Waals surface area contributed by atoms with Crippen molar-refractivity contribution >= 4 is 0 Å². The number of aromatic hydroxyl groups is 1. The van der Waals surface area contributed by atoms with E-state index >= 15 is 0 Å². The normalized spacial score (nSPS) is 9.00. The molecule has 0 unspecified atom stereocenters. The van der Waals surface area contributed by atoms with Crippen molar-refractivity contribution in [3.63, 3.8) is 0 Å². The maximum atomic E-state index is 9.58. The van der Waals surface area contributed by atoms with Crippen molar-refractivity contribution in [2.75, 3.05) is 0 Å². The molecule has 1 aromatic rings. The highest BCUT2D eigenvalue weighted by atomic mass is 16.3. The molecular formula is C12H20O. The Hall–Kier alpha value is -0.980. The van der Waals surface area contributed by atoms with Crippen LogP contribution in [0.1, 0.15) is 37.5 Å². The van der Waals surface area contributed by atoms with Gasteiger partial charge in [-0.2, -0.15) is 0 Å². The molecule has 74 valence electrons. The second kappa shape index (κ2) is 5.63. The Morgan fingerprint density at radius 3 is 2.15 bits per heavy atom. The summed E-state index contributed by atoms with van der Waals surface area (Å²) in [6.07, 6.45) is 0.896. The van der Waals surface area contributed by atoms with E-state index < -0.39 is 0 Å². The molecule has 0 aliphatic rings. The van der Waals surface area contributed by atoms with Crippen LogP contribution in [-0.4, -0.2) is 5.11 Å². The zero-order valence-electron chi connectivity index (χ0n) is 9.31. The summed E-state index contributed by atoms with van der Waals surface area (Å²) in [5.41, 5.74) is 3.19. The van der Waals surface area contributed by atoms with E-state index in [0.717, 1.165) is 23.1 Å². The average molecular weight is 180 g/mol. The fourth-order valence-electron chi connectivity index (χ4n) is 1.14. The highest BCUT2D eigenvalue weighted by Gasteiger charge is 2.03. The number of benzene rings is 1. The lowest BCUT2D eigenvalue weighted by molar-refractivity contribution is 0.464. The van der Waals surface area contributed by atoms with Crippen molar-refractivity contribution in [3.05, 3.63) is 28.8 Å². The molecule has 0 radical (unpaired) electrons. The molecule has 1 aromatic carbocycles. The van der Waals surface area contributed by atoms with Crippen molar-refractivity contribution in [2.45, 2.75) is 41.0 Å². The van der Waals surface area contributed by atoms with Gasteiger partial charge in [-0.15, -0.1) is 0 Å². The second-order valence-corrected chi connectivity index (χ2v) is 2.87. The molecule has 0 aromatic heterocycles.